The molecule has 6 nitrogen and oxygen atoms in total. The van der Waals surface area contributed by atoms with E-state index >= 15 is 0 Å². The molecule has 17 heavy (non-hydrogen) atoms. The standard InChI is InChI=1S/C11H17N5O/c1-3-8(7-12)6-9-14-10(15-17-9)11-13-4-5-16(11)2/h4-5,8H,3,6-7,12H2,1-2H3. The van der Waals surface area contributed by atoms with Crippen molar-refractivity contribution >= 4 is 0 Å². The first-order chi connectivity index (χ1) is 8.24. The number of aromatic nitrogens is 4. The molecule has 0 saturated carbocycles. The third-order valence-electron chi connectivity index (χ3n) is 2.86. The average molecular weight is 235 g/mol. The Morgan fingerprint density at radius 2 is 2.35 bits per heavy atom. The molecule has 2 rings (SSSR count). The molecule has 0 saturated heterocycles. The van der Waals surface area contributed by atoms with Gasteiger partial charge in [0.2, 0.25) is 11.7 Å². The van der Waals surface area contributed by atoms with Crippen molar-refractivity contribution < 1.29 is 4.52 Å². The van der Waals surface area contributed by atoms with Gasteiger partial charge in [-0.2, -0.15) is 4.98 Å². The summed E-state index contributed by atoms with van der Waals surface area (Å²) >= 11 is 0. The first-order valence-corrected chi connectivity index (χ1v) is 5.75. The molecule has 0 spiro atoms. The van der Waals surface area contributed by atoms with Gasteiger partial charge >= 0.3 is 0 Å². The predicted octanol–water partition coefficient (Wildman–Crippen LogP) is 0.997. The molecule has 2 aromatic heterocycles. The maximum Gasteiger partial charge on any atom is 0.238 e. The zero-order valence-corrected chi connectivity index (χ0v) is 10.1. The van der Waals surface area contributed by atoms with Crippen LogP contribution in [-0.4, -0.2) is 26.2 Å². The maximum atomic E-state index is 5.65. The Kier molecular flexibility index (Phi) is 3.53. The quantitative estimate of drug-likeness (QED) is 0.835. The lowest BCUT2D eigenvalue weighted by molar-refractivity contribution is 0.350. The minimum atomic E-state index is 0.393. The van der Waals surface area contributed by atoms with Gasteiger partial charge < -0.3 is 14.8 Å². The van der Waals surface area contributed by atoms with Gasteiger partial charge in [-0.1, -0.05) is 18.5 Å². The largest absolute Gasteiger partial charge is 0.339 e. The van der Waals surface area contributed by atoms with Crippen molar-refractivity contribution in [3.8, 4) is 11.6 Å². The topological polar surface area (TPSA) is 82.8 Å². The second-order valence-corrected chi connectivity index (χ2v) is 4.09. The summed E-state index contributed by atoms with van der Waals surface area (Å²) in [6.07, 6.45) is 5.29. The molecule has 0 aliphatic heterocycles. The monoisotopic (exact) mass is 235 g/mol. The summed E-state index contributed by atoms with van der Waals surface area (Å²) in [5, 5.41) is 3.93. The van der Waals surface area contributed by atoms with Crippen LogP contribution in [0.5, 0.6) is 0 Å². The van der Waals surface area contributed by atoms with Gasteiger partial charge in [-0.05, 0) is 12.5 Å². The van der Waals surface area contributed by atoms with Crippen molar-refractivity contribution in [3.05, 3.63) is 18.3 Å². The molecule has 1 unspecified atom stereocenters. The summed E-state index contributed by atoms with van der Waals surface area (Å²) in [5.41, 5.74) is 5.65. The van der Waals surface area contributed by atoms with Crippen LogP contribution in [0.15, 0.2) is 16.9 Å². The molecule has 1 atom stereocenters. The van der Waals surface area contributed by atoms with E-state index in [-0.39, 0.29) is 0 Å². The molecule has 2 N–H and O–H groups in total. The van der Waals surface area contributed by atoms with Crippen molar-refractivity contribution in [2.75, 3.05) is 6.54 Å². The number of imidazole rings is 1. The fourth-order valence-corrected chi connectivity index (χ4v) is 1.65. The van der Waals surface area contributed by atoms with Crippen LogP contribution in [0.1, 0.15) is 19.2 Å². The van der Waals surface area contributed by atoms with Crippen LogP contribution in [0.2, 0.25) is 0 Å². The van der Waals surface area contributed by atoms with Crippen LogP contribution in [0.3, 0.4) is 0 Å². The Hall–Kier alpha value is -1.69. The number of hydrogen-bond donors (Lipinski definition) is 1. The lowest BCUT2D eigenvalue weighted by Gasteiger charge is -2.07. The minimum absolute atomic E-state index is 0.393. The summed E-state index contributed by atoms with van der Waals surface area (Å²) in [6, 6.07) is 0. The molecule has 0 fully saturated rings. The molecule has 0 bridgehead atoms. The molecule has 2 heterocycles. The Bertz CT molecular complexity index is 472. The van der Waals surface area contributed by atoms with Crippen molar-refractivity contribution in [3.63, 3.8) is 0 Å². The first-order valence-electron chi connectivity index (χ1n) is 5.75. The highest BCUT2D eigenvalue weighted by Gasteiger charge is 2.15. The third-order valence-corrected chi connectivity index (χ3v) is 2.86. The molecule has 0 aliphatic carbocycles. The van der Waals surface area contributed by atoms with Crippen LogP contribution in [-0.2, 0) is 13.5 Å². The van der Waals surface area contributed by atoms with Crippen molar-refractivity contribution in [2.45, 2.75) is 19.8 Å². The van der Waals surface area contributed by atoms with Gasteiger partial charge in [-0.25, -0.2) is 4.98 Å². The van der Waals surface area contributed by atoms with Crippen LogP contribution in [0.4, 0.5) is 0 Å². The average Bonchev–Trinajstić information content (AvgIpc) is 2.94. The summed E-state index contributed by atoms with van der Waals surface area (Å²) in [7, 11) is 1.90. The fourth-order valence-electron chi connectivity index (χ4n) is 1.65. The second kappa shape index (κ2) is 5.09. The SMILES string of the molecule is CCC(CN)Cc1nc(-c2nccn2C)no1. The van der Waals surface area contributed by atoms with Crippen LogP contribution in [0, 0.1) is 5.92 Å². The molecule has 6 heteroatoms. The smallest absolute Gasteiger partial charge is 0.238 e. The molecule has 0 aromatic carbocycles. The number of hydrogen-bond acceptors (Lipinski definition) is 5. The van der Waals surface area contributed by atoms with Gasteiger partial charge in [0, 0.05) is 25.9 Å². The number of aryl methyl sites for hydroxylation is 1. The van der Waals surface area contributed by atoms with E-state index in [4.69, 9.17) is 10.3 Å². The van der Waals surface area contributed by atoms with Crippen LogP contribution in [0.25, 0.3) is 11.6 Å². The predicted molar refractivity (Wildman–Crippen MR) is 63.0 cm³/mol. The zero-order chi connectivity index (χ0) is 12.3. The minimum Gasteiger partial charge on any atom is -0.339 e. The summed E-state index contributed by atoms with van der Waals surface area (Å²) in [4.78, 5) is 8.50. The molecule has 0 amide bonds. The van der Waals surface area contributed by atoms with E-state index in [1.807, 2.05) is 17.8 Å². The van der Waals surface area contributed by atoms with E-state index in [1.54, 1.807) is 6.20 Å². The van der Waals surface area contributed by atoms with Gasteiger partial charge in [0.1, 0.15) is 0 Å². The van der Waals surface area contributed by atoms with Crippen LogP contribution >= 0.6 is 0 Å². The summed E-state index contributed by atoms with van der Waals surface area (Å²) in [6.45, 7) is 2.74. The summed E-state index contributed by atoms with van der Waals surface area (Å²) in [5.74, 6) is 2.25. The Morgan fingerprint density at radius 3 is 2.94 bits per heavy atom. The lowest BCUT2D eigenvalue weighted by Crippen LogP contribution is -2.16. The van der Waals surface area contributed by atoms with Gasteiger partial charge in [0.25, 0.3) is 0 Å². The highest BCUT2D eigenvalue weighted by molar-refractivity contribution is 5.42. The second-order valence-electron chi connectivity index (χ2n) is 4.09. The molecular weight excluding hydrogens is 218 g/mol. The Morgan fingerprint density at radius 1 is 1.53 bits per heavy atom. The third kappa shape index (κ3) is 2.52. The lowest BCUT2D eigenvalue weighted by atomic mass is 10.0. The van der Waals surface area contributed by atoms with E-state index < -0.39 is 0 Å². The fraction of sp³-hybridized carbons (Fsp3) is 0.545. The number of rotatable bonds is 5. The molecular formula is C11H17N5O. The van der Waals surface area contributed by atoms with E-state index in [0.717, 1.165) is 12.8 Å². The number of nitrogens with zero attached hydrogens (tertiary/aromatic N) is 4. The molecule has 0 radical (unpaired) electrons. The van der Waals surface area contributed by atoms with E-state index in [1.165, 1.54) is 0 Å². The highest BCUT2D eigenvalue weighted by Crippen LogP contribution is 2.15. The normalized spacial score (nSPS) is 12.9. The van der Waals surface area contributed by atoms with E-state index in [0.29, 0.717) is 30.0 Å². The highest BCUT2D eigenvalue weighted by atomic mass is 16.5. The van der Waals surface area contributed by atoms with E-state index in [2.05, 4.69) is 22.0 Å². The van der Waals surface area contributed by atoms with Gasteiger partial charge in [-0.3, -0.25) is 0 Å². The van der Waals surface area contributed by atoms with E-state index in [9.17, 15) is 0 Å². The molecule has 0 aliphatic rings. The number of nitrogens with two attached hydrogens (primary N) is 1. The Labute approximate surface area is 99.8 Å². The molecule has 2 aromatic rings. The van der Waals surface area contributed by atoms with Crippen molar-refractivity contribution in [1.29, 1.82) is 0 Å². The maximum absolute atomic E-state index is 5.65. The van der Waals surface area contributed by atoms with Crippen molar-refractivity contribution in [2.24, 2.45) is 18.7 Å². The Balaban J connectivity index is 2.14. The van der Waals surface area contributed by atoms with Gasteiger partial charge in [0.05, 0.1) is 0 Å². The summed E-state index contributed by atoms with van der Waals surface area (Å²) < 4.78 is 7.06. The first kappa shape index (κ1) is 11.8. The van der Waals surface area contributed by atoms with Crippen molar-refractivity contribution in [1.82, 2.24) is 19.7 Å². The zero-order valence-electron chi connectivity index (χ0n) is 10.1. The molecule has 92 valence electrons. The van der Waals surface area contributed by atoms with Gasteiger partial charge in [0.15, 0.2) is 5.82 Å². The van der Waals surface area contributed by atoms with Crippen LogP contribution < -0.4 is 5.73 Å². The van der Waals surface area contributed by atoms with Gasteiger partial charge in [-0.15, -0.1) is 0 Å².